The topological polar surface area (TPSA) is 15.7 Å². The highest BCUT2D eigenvalue weighted by molar-refractivity contribution is 5.24. The maximum absolute atomic E-state index is 13.2. The molecule has 0 amide bonds. The lowest BCUT2D eigenvalue weighted by Crippen LogP contribution is -2.23. The third-order valence-corrected chi connectivity index (χ3v) is 5.59. The van der Waals surface area contributed by atoms with E-state index in [1.54, 1.807) is 6.07 Å². The molecule has 3 nitrogen and oxygen atoms in total. The fourth-order valence-corrected chi connectivity index (χ4v) is 3.86. The smallest absolute Gasteiger partial charge is 0.123 e. The van der Waals surface area contributed by atoms with Crippen molar-refractivity contribution in [1.82, 2.24) is 9.80 Å². The van der Waals surface area contributed by atoms with Gasteiger partial charge in [-0.1, -0.05) is 36.4 Å². The molecular weight excluding hydrogens is 363 g/mol. The molecule has 2 aromatic carbocycles. The van der Waals surface area contributed by atoms with Gasteiger partial charge in [-0.3, -0.25) is 4.90 Å². The molecular formula is C25H29FN2O. The molecule has 0 radical (unpaired) electrons. The normalized spacial score (nSPS) is 16.9. The minimum Gasteiger partial charge on any atom is -0.489 e. The first kappa shape index (κ1) is 19.7. The molecule has 2 aromatic rings. The van der Waals surface area contributed by atoms with Crippen LogP contribution >= 0.6 is 0 Å². The zero-order valence-electron chi connectivity index (χ0n) is 16.9. The fraction of sp³-hybridized carbons (Fsp3) is 0.360. The Hall–Kier alpha value is -2.59. The Balaban J connectivity index is 1.19. The van der Waals surface area contributed by atoms with Gasteiger partial charge in [-0.15, -0.1) is 0 Å². The van der Waals surface area contributed by atoms with Crippen molar-refractivity contribution in [3.63, 3.8) is 0 Å². The summed E-state index contributed by atoms with van der Waals surface area (Å²) in [6.45, 7) is 5.77. The average molecular weight is 393 g/mol. The second-order valence-corrected chi connectivity index (χ2v) is 7.89. The van der Waals surface area contributed by atoms with Crippen LogP contribution in [0.25, 0.3) is 0 Å². The predicted octanol–water partition coefficient (Wildman–Crippen LogP) is 4.89. The number of rotatable bonds is 8. The average Bonchev–Trinajstić information content (AvgIpc) is 3.26. The molecule has 0 unspecified atom stereocenters. The van der Waals surface area contributed by atoms with Gasteiger partial charge in [0.1, 0.15) is 18.2 Å². The Bertz CT molecular complexity index is 853. The lowest BCUT2D eigenvalue weighted by Gasteiger charge is -2.23. The predicted molar refractivity (Wildman–Crippen MR) is 115 cm³/mol. The maximum Gasteiger partial charge on any atom is 0.123 e. The van der Waals surface area contributed by atoms with Crippen molar-refractivity contribution in [2.45, 2.75) is 32.4 Å². The van der Waals surface area contributed by atoms with E-state index in [0.29, 0.717) is 6.61 Å². The number of hydrogen-bond acceptors (Lipinski definition) is 3. The number of allylic oxidation sites excluding steroid dienone is 1. The second kappa shape index (κ2) is 9.75. The highest BCUT2D eigenvalue weighted by Gasteiger charge is 2.11. The summed E-state index contributed by atoms with van der Waals surface area (Å²) < 4.78 is 19.0. The van der Waals surface area contributed by atoms with E-state index in [1.807, 2.05) is 12.1 Å². The molecule has 0 bridgehead atoms. The zero-order valence-corrected chi connectivity index (χ0v) is 16.9. The van der Waals surface area contributed by atoms with Crippen molar-refractivity contribution in [2.24, 2.45) is 0 Å². The van der Waals surface area contributed by atoms with Gasteiger partial charge in [0.2, 0.25) is 0 Å². The molecule has 4 rings (SSSR count). The van der Waals surface area contributed by atoms with Crippen LogP contribution in [0, 0.1) is 5.82 Å². The van der Waals surface area contributed by atoms with Crippen LogP contribution in [-0.2, 0) is 24.3 Å². The van der Waals surface area contributed by atoms with Crippen molar-refractivity contribution >= 4 is 0 Å². The summed E-state index contributed by atoms with van der Waals surface area (Å²) in [4.78, 5) is 4.82. The van der Waals surface area contributed by atoms with Gasteiger partial charge in [0, 0.05) is 25.8 Å². The van der Waals surface area contributed by atoms with Crippen molar-refractivity contribution in [3.8, 4) is 0 Å². The van der Waals surface area contributed by atoms with Gasteiger partial charge in [-0.25, -0.2) is 4.39 Å². The number of hydrogen-bond donors (Lipinski definition) is 0. The van der Waals surface area contributed by atoms with Crippen LogP contribution in [-0.4, -0.2) is 36.0 Å². The molecule has 2 heterocycles. The molecule has 4 heteroatoms. The van der Waals surface area contributed by atoms with Gasteiger partial charge in [0.15, 0.2) is 0 Å². The lowest BCUT2D eigenvalue weighted by atomic mass is 10.1. The van der Waals surface area contributed by atoms with Crippen molar-refractivity contribution in [2.75, 3.05) is 26.2 Å². The van der Waals surface area contributed by atoms with E-state index in [-0.39, 0.29) is 5.82 Å². The summed E-state index contributed by atoms with van der Waals surface area (Å²) in [7, 11) is 0. The summed E-state index contributed by atoms with van der Waals surface area (Å²) in [5.41, 5.74) is 3.63. The van der Waals surface area contributed by atoms with Crippen molar-refractivity contribution in [1.29, 1.82) is 0 Å². The Morgan fingerprint density at radius 1 is 0.931 bits per heavy atom. The van der Waals surface area contributed by atoms with E-state index >= 15 is 0 Å². The van der Waals surface area contributed by atoms with Gasteiger partial charge >= 0.3 is 0 Å². The molecule has 0 saturated carbocycles. The Morgan fingerprint density at radius 2 is 1.72 bits per heavy atom. The summed E-state index contributed by atoms with van der Waals surface area (Å²) >= 11 is 0. The molecule has 2 aliphatic heterocycles. The summed E-state index contributed by atoms with van der Waals surface area (Å²) in [6, 6.07) is 15.6. The highest BCUT2D eigenvalue weighted by atomic mass is 19.1. The molecule has 0 atom stereocenters. The summed E-state index contributed by atoms with van der Waals surface area (Å²) in [5.74, 6) is 0.617. The maximum atomic E-state index is 13.2. The van der Waals surface area contributed by atoms with Crippen LogP contribution in [0.4, 0.5) is 4.39 Å². The van der Waals surface area contributed by atoms with E-state index in [4.69, 9.17) is 4.74 Å². The quantitative estimate of drug-likeness (QED) is 0.636. The second-order valence-electron chi connectivity index (χ2n) is 7.89. The highest BCUT2D eigenvalue weighted by Crippen LogP contribution is 2.15. The Labute approximate surface area is 173 Å². The van der Waals surface area contributed by atoms with Crippen LogP contribution in [0.2, 0.25) is 0 Å². The fourth-order valence-electron chi connectivity index (χ4n) is 3.86. The van der Waals surface area contributed by atoms with Crippen molar-refractivity contribution in [3.05, 3.63) is 95.1 Å². The van der Waals surface area contributed by atoms with Gasteiger partial charge < -0.3 is 9.64 Å². The first-order chi connectivity index (χ1) is 14.2. The molecule has 29 heavy (non-hydrogen) atoms. The van der Waals surface area contributed by atoms with Gasteiger partial charge in [0.25, 0.3) is 0 Å². The minimum absolute atomic E-state index is 0.227. The zero-order chi connectivity index (χ0) is 19.9. The van der Waals surface area contributed by atoms with Crippen LogP contribution in [0.1, 0.15) is 29.5 Å². The first-order valence-corrected chi connectivity index (χ1v) is 10.5. The Morgan fingerprint density at radius 3 is 2.45 bits per heavy atom. The van der Waals surface area contributed by atoms with E-state index in [0.717, 1.165) is 37.4 Å². The van der Waals surface area contributed by atoms with Crippen LogP contribution in [0.3, 0.4) is 0 Å². The number of halogens is 1. The monoisotopic (exact) mass is 392 g/mol. The van der Waals surface area contributed by atoms with E-state index in [9.17, 15) is 4.39 Å². The SMILES string of the molecule is Fc1cccc(COC2=CCN(CCc3ccc(CN4CCCC4)cc3)C=C2)c1. The van der Waals surface area contributed by atoms with Gasteiger partial charge in [-0.05, 0) is 73.3 Å². The first-order valence-electron chi connectivity index (χ1n) is 10.5. The molecule has 0 spiro atoms. The van der Waals surface area contributed by atoms with E-state index in [1.165, 1.54) is 49.2 Å². The number of nitrogens with zero attached hydrogens (tertiary/aromatic N) is 2. The largest absolute Gasteiger partial charge is 0.489 e. The molecule has 0 N–H and O–H groups in total. The third-order valence-electron chi connectivity index (χ3n) is 5.59. The Kier molecular flexibility index (Phi) is 6.63. The lowest BCUT2D eigenvalue weighted by molar-refractivity contribution is 0.204. The third kappa shape index (κ3) is 5.94. The number of benzene rings is 2. The van der Waals surface area contributed by atoms with E-state index < -0.39 is 0 Å². The number of likely N-dealkylation sites (tertiary alicyclic amines) is 1. The molecule has 1 saturated heterocycles. The molecule has 0 aromatic heterocycles. The standard InChI is InChI=1S/C25H29FN2O/c26-24-5-3-4-23(18-24)20-29-25-11-16-27(17-12-25)15-10-21-6-8-22(9-7-21)19-28-13-1-2-14-28/h3-9,11-12,16,18H,1-2,10,13-15,17,19-20H2. The molecule has 1 fully saturated rings. The van der Waals surface area contributed by atoms with Crippen molar-refractivity contribution < 1.29 is 9.13 Å². The minimum atomic E-state index is -0.227. The number of ether oxygens (including phenoxy) is 1. The molecule has 2 aliphatic rings. The van der Waals surface area contributed by atoms with Crippen LogP contribution in [0.15, 0.2) is 72.6 Å². The summed E-state index contributed by atoms with van der Waals surface area (Å²) in [5, 5.41) is 0. The van der Waals surface area contributed by atoms with Crippen LogP contribution < -0.4 is 0 Å². The molecule has 0 aliphatic carbocycles. The van der Waals surface area contributed by atoms with Crippen LogP contribution in [0.5, 0.6) is 0 Å². The van der Waals surface area contributed by atoms with E-state index in [2.05, 4.69) is 46.3 Å². The summed E-state index contributed by atoms with van der Waals surface area (Å²) in [6.07, 6.45) is 9.87. The van der Waals surface area contributed by atoms with Gasteiger partial charge in [-0.2, -0.15) is 0 Å². The van der Waals surface area contributed by atoms with Gasteiger partial charge in [0.05, 0.1) is 0 Å². The molecule has 152 valence electrons.